The van der Waals surface area contributed by atoms with E-state index in [0.717, 1.165) is 0 Å². The number of halogens is 1. The van der Waals surface area contributed by atoms with Crippen LogP contribution in [0.4, 0.5) is 4.39 Å². The van der Waals surface area contributed by atoms with Crippen molar-refractivity contribution in [2.24, 2.45) is 0 Å². The molecule has 124 valence electrons. The summed E-state index contributed by atoms with van der Waals surface area (Å²) in [6, 6.07) is 5.97. The molecule has 0 radical (unpaired) electrons. The Hall–Kier alpha value is -2.80. The summed E-state index contributed by atoms with van der Waals surface area (Å²) in [5.74, 6) is -1.19. The molecular weight excluding hydrogens is 313 g/mol. The number of benzene rings is 1. The van der Waals surface area contributed by atoms with Crippen LogP contribution >= 0.6 is 0 Å². The molecule has 0 amide bonds. The molecule has 24 heavy (non-hydrogen) atoms. The van der Waals surface area contributed by atoms with Crippen LogP contribution in [0.1, 0.15) is 35.9 Å². The van der Waals surface area contributed by atoms with E-state index < -0.39 is 17.9 Å². The van der Waals surface area contributed by atoms with Crippen molar-refractivity contribution in [2.45, 2.75) is 20.0 Å². The largest absolute Gasteiger partial charge is 0.462 e. The number of aliphatic hydroxyl groups is 1. The summed E-state index contributed by atoms with van der Waals surface area (Å²) in [7, 11) is 0. The third kappa shape index (κ3) is 2.74. The minimum Gasteiger partial charge on any atom is -0.462 e. The second-order valence-corrected chi connectivity index (χ2v) is 5.25. The third-order valence-corrected chi connectivity index (χ3v) is 3.61. The Kier molecular flexibility index (Phi) is 4.26. The molecule has 0 saturated heterocycles. The van der Waals surface area contributed by atoms with Crippen LogP contribution < -0.4 is 0 Å². The number of aromatic nitrogens is 3. The maximum atomic E-state index is 14.5. The van der Waals surface area contributed by atoms with Crippen LogP contribution in [0.15, 0.2) is 36.7 Å². The van der Waals surface area contributed by atoms with Crippen molar-refractivity contribution in [3.05, 3.63) is 53.6 Å². The van der Waals surface area contributed by atoms with Gasteiger partial charge in [-0.05, 0) is 37.6 Å². The van der Waals surface area contributed by atoms with Crippen molar-refractivity contribution in [3.63, 3.8) is 0 Å². The van der Waals surface area contributed by atoms with E-state index in [-0.39, 0.29) is 23.4 Å². The predicted octanol–water partition coefficient (Wildman–Crippen LogP) is 2.77. The minimum absolute atomic E-state index is 0.112. The van der Waals surface area contributed by atoms with Gasteiger partial charge < -0.3 is 9.84 Å². The highest BCUT2D eigenvalue weighted by molar-refractivity contribution is 6.02. The van der Waals surface area contributed by atoms with Gasteiger partial charge in [0.15, 0.2) is 5.65 Å². The molecule has 0 bridgehead atoms. The summed E-state index contributed by atoms with van der Waals surface area (Å²) in [5.41, 5.74) is 1.15. The SMILES string of the molecule is CCOC(=O)c1c(-c2ccc(C(C)O)cc2F)nn2cccnc12. The van der Waals surface area contributed by atoms with E-state index in [1.807, 2.05) is 0 Å². The molecule has 0 spiro atoms. The number of carbonyl (C=O) groups excluding carboxylic acids is 1. The normalized spacial score (nSPS) is 12.3. The van der Waals surface area contributed by atoms with Gasteiger partial charge in [-0.25, -0.2) is 18.7 Å². The number of carbonyl (C=O) groups is 1. The van der Waals surface area contributed by atoms with Gasteiger partial charge in [-0.3, -0.25) is 0 Å². The lowest BCUT2D eigenvalue weighted by Gasteiger charge is -2.08. The lowest BCUT2D eigenvalue weighted by molar-refractivity contribution is 0.0529. The van der Waals surface area contributed by atoms with Crippen molar-refractivity contribution in [1.29, 1.82) is 0 Å². The minimum atomic E-state index is -0.791. The van der Waals surface area contributed by atoms with E-state index in [4.69, 9.17) is 4.74 Å². The summed E-state index contributed by atoms with van der Waals surface area (Å²) in [5, 5.41) is 13.8. The summed E-state index contributed by atoms with van der Waals surface area (Å²) >= 11 is 0. The molecule has 1 atom stereocenters. The second-order valence-electron chi connectivity index (χ2n) is 5.25. The van der Waals surface area contributed by atoms with Gasteiger partial charge >= 0.3 is 5.97 Å². The first kappa shape index (κ1) is 16.1. The number of fused-ring (bicyclic) bond motifs is 1. The van der Waals surface area contributed by atoms with E-state index in [0.29, 0.717) is 11.2 Å². The van der Waals surface area contributed by atoms with Gasteiger partial charge in [0.1, 0.15) is 17.1 Å². The van der Waals surface area contributed by atoms with Gasteiger partial charge in [0.2, 0.25) is 0 Å². The van der Waals surface area contributed by atoms with Gasteiger partial charge in [0.05, 0.1) is 12.7 Å². The first-order valence-electron chi connectivity index (χ1n) is 7.51. The molecule has 0 fully saturated rings. The first-order chi connectivity index (χ1) is 11.5. The van der Waals surface area contributed by atoms with Crippen molar-refractivity contribution in [2.75, 3.05) is 6.61 Å². The van der Waals surface area contributed by atoms with Crippen LogP contribution in [0, 0.1) is 5.82 Å². The second kappa shape index (κ2) is 6.37. The standard InChI is InChI=1S/C17H16FN3O3/c1-3-24-17(23)14-15(20-21-8-4-7-19-16(14)21)12-6-5-11(10(2)22)9-13(12)18/h4-10,22H,3H2,1-2H3. The Morgan fingerprint density at radius 3 is 2.92 bits per heavy atom. The fraction of sp³-hybridized carbons (Fsp3) is 0.235. The fourth-order valence-corrected chi connectivity index (χ4v) is 2.45. The molecule has 3 aromatic rings. The summed E-state index contributed by atoms with van der Waals surface area (Å²) in [4.78, 5) is 16.5. The third-order valence-electron chi connectivity index (χ3n) is 3.61. The van der Waals surface area contributed by atoms with E-state index >= 15 is 0 Å². The zero-order valence-corrected chi connectivity index (χ0v) is 13.2. The number of hydrogen-bond donors (Lipinski definition) is 1. The summed E-state index contributed by atoms with van der Waals surface area (Å²) in [6.07, 6.45) is 2.35. The molecule has 1 aromatic carbocycles. The Labute approximate surface area is 137 Å². The van der Waals surface area contributed by atoms with Crippen LogP contribution in [0.25, 0.3) is 16.9 Å². The van der Waals surface area contributed by atoms with Gasteiger partial charge in [0, 0.05) is 18.0 Å². The molecule has 2 aromatic heterocycles. The number of esters is 1. The van der Waals surface area contributed by atoms with Crippen molar-refractivity contribution in [3.8, 4) is 11.3 Å². The number of rotatable bonds is 4. The number of hydrogen-bond acceptors (Lipinski definition) is 5. The molecule has 6 nitrogen and oxygen atoms in total. The van der Waals surface area contributed by atoms with Crippen LogP contribution in [-0.2, 0) is 4.74 Å². The average Bonchev–Trinajstić information content (AvgIpc) is 2.94. The van der Waals surface area contributed by atoms with Gasteiger partial charge in [-0.1, -0.05) is 6.07 Å². The topological polar surface area (TPSA) is 76.7 Å². The molecular formula is C17H16FN3O3. The maximum Gasteiger partial charge on any atom is 0.344 e. The molecule has 0 aliphatic carbocycles. The quantitative estimate of drug-likeness (QED) is 0.745. The lowest BCUT2D eigenvalue weighted by atomic mass is 10.0. The van der Waals surface area contributed by atoms with Crippen LogP contribution in [0.2, 0.25) is 0 Å². The summed E-state index contributed by atoms with van der Waals surface area (Å²) < 4.78 is 21.0. The zero-order valence-electron chi connectivity index (χ0n) is 13.2. The highest BCUT2D eigenvalue weighted by atomic mass is 19.1. The molecule has 0 aliphatic rings. The number of nitrogens with zero attached hydrogens (tertiary/aromatic N) is 3. The Morgan fingerprint density at radius 1 is 1.46 bits per heavy atom. The average molecular weight is 329 g/mol. The molecule has 1 unspecified atom stereocenters. The van der Waals surface area contributed by atoms with Crippen LogP contribution in [-0.4, -0.2) is 32.3 Å². The van der Waals surface area contributed by atoms with E-state index in [9.17, 15) is 14.3 Å². The molecule has 0 aliphatic heterocycles. The van der Waals surface area contributed by atoms with Gasteiger partial charge in [0.25, 0.3) is 0 Å². The van der Waals surface area contributed by atoms with Crippen molar-refractivity contribution < 1.29 is 19.0 Å². The van der Waals surface area contributed by atoms with Crippen molar-refractivity contribution >= 4 is 11.6 Å². The molecule has 1 N–H and O–H groups in total. The Bertz CT molecular complexity index is 905. The van der Waals surface area contributed by atoms with E-state index in [1.54, 1.807) is 32.2 Å². The van der Waals surface area contributed by atoms with E-state index in [1.165, 1.54) is 22.8 Å². The fourth-order valence-electron chi connectivity index (χ4n) is 2.45. The van der Waals surface area contributed by atoms with Crippen LogP contribution in [0.5, 0.6) is 0 Å². The van der Waals surface area contributed by atoms with Gasteiger partial charge in [-0.2, -0.15) is 5.10 Å². The lowest BCUT2D eigenvalue weighted by Crippen LogP contribution is -2.07. The highest BCUT2D eigenvalue weighted by Crippen LogP contribution is 2.29. The van der Waals surface area contributed by atoms with E-state index in [2.05, 4.69) is 10.1 Å². The molecule has 2 heterocycles. The number of ether oxygens (including phenoxy) is 1. The van der Waals surface area contributed by atoms with Crippen LogP contribution in [0.3, 0.4) is 0 Å². The Balaban J connectivity index is 2.22. The van der Waals surface area contributed by atoms with Gasteiger partial charge in [-0.15, -0.1) is 0 Å². The smallest absolute Gasteiger partial charge is 0.344 e. The highest BCUT2D eigenvalue weighted by Gasteiger charge is 2.25. The summed E-state index contributed by atoms with van der Waals surface area (Å²) in [6.45, 7) is 3.42. The first-order valence-corrected chi connectivity index (χ1v) is 7.51. The number of aliphatic hydroxyl groups excluding tert-OH is 1. The predicted molar refractivity (Wildman–Crippen MR) is 85.0 cm³/mol. The Morgan fingerprint density at radius 2 is 2.25 bits per heavy atom. The van der Waals surface area contributed by atoms with Crippen molar-refractivity contribution in [1.82, 2.24) is 14.6 Å². The monoisotopic (exact) mass is 329 g/mol. The molecule has 3 rings (SSSR count). The zero-order chi connectivity index (χ0) is 17.3. The molecule has 7 heteroatoms. The molecule has 0 saturated carbocycles. The maximum absolute atomic E-state index is 14.5.